The summed E-state index contributed by atoms with van der Waals surface area (Å²) in [5.74, 6) is -1.97. The van der Waals surface area contributed by atoms with Gasteiger partial charge in [0.15, 0.2) is 0 Å². The number of hydrogen-bond donors (Lipinski definition) is 0. The average Bonchev–Trinajstić information content (AvgIpc) is 3.50. The molecule has 1 saturated heterocycles. The Labute approximate surface area is 211 Å². The lowest BCUT2D eigenvalue weighted by molar-refractivity contribution is -0.197. The van der Waals surface area contributed by atoms with Crippen LogP contribution in [0.3, 0.4) is 0 Å². The molecule has 1 spiro atoms. The van der Waals surface area contributed by atoms with Crippen molar-refractivity contribution < 1.29 is 27.5 Å². The topological polar surface area (TPSA) is 49.9 Å². The highest BCUT2D eigenvalue weighted by atomic mass is 19.4. The van der Waals surface area contributed by atoms with Gasteiger partial charge >= 0.3 is 18.1 Å². The molecule has 5 nitrogen and oxygen atoms in total. The Morgan fingerprint density at radius 2 is 1.78 bits per heavy atom. The summed E-state index contributed by atoms with van der Waals surface area (Å²) >= 11 is 0. The van der Waals surface area contributed by atoms with E-state index in [1.165, 1.54) is 0 Å². The highest BCUT2D eigenvalue weighted by molar-refractivity contribution is 5.83. The van der Waals surface area contributed by atoms with E-state index >= 15 is 0 Å². The van der Waals surface area contributed by atoms with Gasteiger partial charge in [0.2, 0.25) is 0 Å². The van der Waals surface area contributed by atoms with E-state index in [0.717, 1.165) is 35.5 Å². The van der Waals surface area contributed by atoms with Crippen LogP contribution in [0.25, 0.3) is 6.08 Å². The first-order chi connectivity index (χ1) is 16.8. The minimum atomic E-state index is -4.87. The quantitative estimate of drug-likeness (QED) is 0.440. The van der Waals surface area contributed by atoms with Crippen LogP contribution in [0.5, 0.6) is 0 Å². The molecule has 2 aliphatic carbocycles. The number of hydrogen-bond acceptors (Lipinski definition) is 4. The number of likely N-dealkylation sites (tertiary alicyclic amines) is 1. The summed E-state index contributed by atoms with van der Waals surface area (Å²) in [6.45, 7) is 9.59. The standard InChI is InChI=1S/C28H37F3N2O3/c1-5-20(13-19-9-7-6-8-10-19)22-14-23(22)33(25(35)28(29,30)31)21-15-27(16-21)17-32(18-27)12-11-24(34)36-26(2,3)4/h6-10,13,21-23H,5,11-12,14-18H2,1-4H3/t22?,23-/m0/s1. The molecular weight excluding hydrogens is 469 g/mol. The fraction of sp³-hybridized carbons (Fsp3) is 0.643. The number of alkyl halides is 3. The Hall–Kier alpha value is -2.35. The zero-order chi connectivity index (χ0) is 26.3. The molecule has 0 radical (unpaired) electrons. The van der Waals surface area contributed by atoms with E-state index in [4.69, 9.17) is 4.74 Å². The van der Waals surface area contributed by atoms with Crippen molar-refractivity contribution in [2.45, 2.75) is 83.7 Å². The van der Waals surface area contributed by atoms with Gasteiger partial charge in [-0.25, -0.2) is 0 Å². The van der Waals surface area contributed by atoms with Crippen molar-refractivity contribution in [3.8, 4) is 0 Å². The maximum absolute atomic E-state index is 13.6. The van der Waals surface area contributed by atoms with Crippen LogP contribution in [0, 0.1) is 11.3 Å². The molecule has 1 aromatic carbocycles. The molecule has 3 fully saturated rings. The molecule has 198 valence electrons. The van der Waals surface area contributed by atoms with Gasteiger partial charge in [-0.3, -0.25) is 9.59 Å². The molecule has 0 aromatic heterocycles. The summed E-state index contributed by atoms with van der Waals surface area (Å²) in [6.07, 6.45) is -0.0181. The van der Waals surface area contributed by atoms with Crippen LogP contribution in [0.4, 0.5) is 13.2 Å². The Balaban J connectivity index is 1.34. The smallest absolute Gasteiger partial charge is 0.460 e. The number of rotatable bonds is 8. The molecule has 4 rings (SSSR count). The minimum Gasteiger partial charge on any atom is -0.460 e. The predicted molar refractivity (Wildman–Crippen MR) is 132 cm³/mol. The number of esters is 1. The highest BCUT2D eigenvalue weighted by Crippen LogP contribution is 2.54. The van der Waals surface area contributed by atoms with E-state index in [-0.39, 0.29) is 29.4 Å². The average molecular weight is 507 g/mol. The summed E-state index contributed by atoms with van der Waals surface area (Å²) < 4.78 is 46.0. The van der Waals surface area contributed by atoms with Crippen LogP contribution >= 0.6 is 0 Å². The van der Waals surface area contributed by atoms with Crippen LogP contribution in [0.2, 0.25) is 0 Å². The van der Waals surface area contributed by atoms with Crippen molar-refractivity contribution in [1.29, 1.82) is 0 Å². The summed E-state index contributed by atoms with van der Waals surface area (Å²) in [6, 6.07) is 8.99. The van der Waals surface area contributed by atoms with Gasteiger partial charge in [-0.05, 0) is 57.4 Å². The number of halogens is 3. The second kappa shape index (κ2) is 9.84. The Bertz CT molecular complexity index is 986. The van der Waals surface area contributed by atoms with Gasteiger partial charge in [0.25, 0.3) is 0 Å². The summed E-state index contributed by atoms with van der Waals surface area (Å²) in [5.41, 5.74) is 1.56. The molecule has 2 saturated carbocycles. The van der Waals surface area contributed by atoms with Crippen molar-refractivity contribution in [2.75, 3.05) is 19.6 Å². The van der Waals surface area contributed by atoms with Crippen LogP contribution in [-0.4, -0.2) is 65.2 Å². The Kier molecular flexibility index (Phi) is 7.30. The monoisotopic (exact) mass is 506 g/mol. The van der Waals surface area contributed by atoms with E-state index in [1.807, 2.05) is 58.0 Å². The maximum atomic E-state index is 13.6. The van der Waals surface area contributed by atoms with Gasteiger partial charge in [0.05, 0.1) is 6.42 Å². The summed E-state index contributed by atoms with van der Waals surface area (Å²) in [5, 5.41) is 0. The maximum Gasteiger partial charge on any atom is 0.471 e. The molecule has 0 N–H and O–H groups in total. The molecule has 2 atom stereocenters. The first-order valence-corrected chi connectivity index (χ1v) is 12.9. The zero-order valence-electron chi connectivity index (χ0n) is 21.6. The molecule has 3 aliphatic rings. The fourth-order valence-electron chi connectivity index (χ4n) is 5.95. The zero-order valence-corrected chi connectivity index (χ0v) is 21.6. The number of carbonyl (C=O) groups excluding carboxylic acids is 2. The van der Waals surface area contributed by atoms with E-state index in [0.29, 0.717) is 32.2 Å². The molecule has 1 aliphatic heterocycles. The first-order valence-electron chi connectivity index (χ1n) is 12.9. The van der Waals surface area contributed by atoms with E-state index in [1.54, 1.807) is 0 Å². The second-order valence-corrected chi connectivity index (χ2v) is 11.7. The van der Waals surface area contributed by atoms with Gasteiger partial charge in [0.1, 0.15) is 5.60 Å². The molecule has 1 aromatic rings. The number of nitrogens with zero attached hydrogens (tertiary/aromatic N) is 2. The van der Waals surface area contributed by atoms with Gasteiger partial charge in [-0.15, -0.1) is 0 Å². The lowest BCUT2D eigenvalue weighted by Gasteiger charge is -2.61. The highest BCUT2D eigenvalue weighted by Gasteiger charge is 2.61. The van der Waals surface area contributed by atoms with Crippen molar-refractivity contribution in [3.63, 3.8) is 0 Å². The van der Waals surface area contributed by atoms with Crippen molar-refractivity contribution in [1.82, 2.24) is 9.80 Å². The molecule has 8 heteroatoms. The molecule has 1 heterocycles. The molecular formula is C28H37F3N2O3. The largest absolute Gasteiger partial charge is 0.471 e. The minimum absolute atomic E-state index is 0.0234. The molecule has 1 unspecified atom stereocenters. The van der Waals surface area contributed by atoms with E-state index in [9.17, 15) is 22.8 Å². The van der Waals surface area contributed by atoms with Gasteiger partial charge in [-0.2, -0.15) is 13.2 Å². The van der Waals surface area contributed by atoms with Gasteiger partial charge in [0, 0.05) is 37.6 Å². The first kappa shape index (κ1) is 26.7. The van der Waals surface area contributed by atoms with Crippen LogP contribution in [0.1, 0.15) is 65.4 Å². The van der Waals surface area contributed by atoms with Crippen molar-refractivity contribution >= 4 is 18.0 Å². The summed E-state index contributed by atoms with van der Waals surface area (Å²) in [4.78, 5) is 27.8. The Morgan fingerprint density at radius 1 is 1.14 bits per heavy atom. The number of amides is 1. The van der Waals surface area contributed by atoms with E-state index < -0.39 is 17.7 Å². The summed E-state index contributed by atoms with van der Waals surface area (Å²) in [7, 11) is 0. The SMILES string of the molecule is CCC(=Cc1ccccc1)C1C[C@@H]1N(C(=O)C(F)(F)F)C1CC2(C1)CN(CCC(=O)OC(C)(C)C)C2. The fourth-order valence-corrected chi connectivity index (χ4v) is 5.95. The molecule has 1 amide bonds. The third-order valence-corrected chi connectivity index (χ3v) is 7.53. The third-order valence-electron chi connectivity index (χ3n) is 7.53. The number of benzene rings is 1. The molecule has 0 bridgehead atoms. The normalized spacial score (nSPS) is 24.1. The Morgan fingerprint density at radius 3 is 2.33 bits per heavy atom. The predicted octanol–water partition coefficient (Wildman–Crippen LogP) is 5.46. The number of carbonyl (C=O) groups is 2. The van der Waals surface area contributed by atoms with E-state index in [2.05, 4.69) is 11.0 Å². The van der Waals surface area contributed by atoms with Crippen LogP contribution in [-0.2, 0) is 14.3 Å². The number of ether oxygens (including phenoxy) is 1. The molecule has 36 heavy (non-hydrogen) atoms. The second-order valence-electron chi connectivity index (χ2n) is 11.7. The van der Waals surface area contributed by atoms with Crippen molar-refractivity contribution in [2.24, 2.45) is 11.3 Å². The third kappa shape index (κ3) is 6.13. The lowest BCUT2D eigenvalue weighted by Crippen LogP contribution is -2.68. The lowest BCUT2D eigenvalue weighted by atomic mass is 9.60. The van der Waals surface area contributed by atoms with Crippen LogP contribution < -0.4 is 0 Å². The van der Waals surface area contributed by atoms with Gasteiger partial charge < -0.3 is 14.5 Å². The van der Waals surface area contributed by atoms with Crippen molar-refractivity contribution in [3.05, 3.63) is 41.5 Å². The van der Waals surface area contributed by atoms with Gasteiger partial charge in [-0.1, -0.05) is 48.9 Å². The van der Waals surface area contributed by atoms with Crippen LogP contribution in [0.15, 0.2) is 35.9 Å².